The van der Waals surface area contributed by atoms with Crippen LogP contribution in [0.5, 0.6) is 5.75 Å². The number of carboxylic acids is 1. The SMILES string of the molecule is Cc1cc(C)cc(CC(C)NC(=O)c2cccc(OCC(=O)O)c2)c1. The first-order chi connectivity index (χ1) is 11.8. The second kappa shape index (κ2) is 8.33. The maximum Gasteiger partial charge on any atom is 0.341 e. The zero-order valence-electron chi connectivity index (χ0n) is 14.7. The standard InChI is InChI=1S/C20H23NO4/c1-13-7-14(2)9-16(8-13)10-15(3)21-20(24)17-5-4-6-18(11-17)25-12-19(22)23/h4-9,11,15H,10,12H2,1-3H3,(H,21,24)(H,22,23). The van der Waals surface area contributed by atoms with Crippen LogP contribution < -0.4 is 10.1 Å². The second-order valence-corrected chi connectivity index (χ2v) is 6.28. The van der Waals surface area contributed by atoms with Gasteiger partial charge in [-0.3, -0.25) is 4.79 Å². The first kappa shape index (κ1) is 18.5. The number of aryl methyl sites for hydroxylation is 2. The number of carbonyl (C=O) groups is 2. The van der Waals surface area contributed by atoms with Crippen LogP contribution in [-0.2, 0) is 11.2 Å². The Morgan fingerprint density at radius 1 is 1.12 bits per heavy atom. The fourth-order valence-electron chi connectivity index (χ4n) is 2.77. The van der Waals surface area contributed by atoms with Crippen molar-refractivity contribution >= 4 is 11.9 Å². The van der Waals surface area contributed by atoms with Gasteiger partial charge in [-0.05, 0) is 51.0 Å². The van der Waals surface area contributed by atoms with E-state index in [1.165, 1.54) is 16.7 Å². The molecule has 2 aromatic rings. The summed E-state index contributed by atoms with van der Waals surface area (Å²) in [4.78, 5) is 22.9. The summed E-state index contributed by atoms with van der Waals surface area (Å²) in [5, 5.41) is 11.6. The molecule has 25 heavy (non-hydrogen) atoms. The highest BCUT2D eigenvalue weighted by Crippen LogP contribution is 2.14. The van der Waals surface area contributed by atoms with Crippen LogP contribution in [0.4, 0.5) is 0 Å². The average Bonchev–Trinajstić information content (AvgIpc) is 2.52. The van der Waals surface area contributed by atoms with E-state index in [4.69, 9.17) is 9.84 Å². The van der Waals surface area contributed by atoms with Crippen LogP contribution in [0.3, 0.4) is 0 Å². The summed E-state index contributed by atoms with van der Waals surface area (Å²) >= 11 is 0. The van der Waals surface area contributed by atoms with Crippen LogP contribution in [0.15, 0.2) is 42.5 Å². The summed E-state index contributed by atoms with van der Waals surface area (Å²) in [6.45, 7) is 5.64. The predicted octanol–water partition coefficient (Wildman–Crippen LogP) is 3.13. The number of carbonyl (C=O) groups excluding carboxylic acids is 1. The lowest BCUT2D eigenvalue weighted by atomic mass is 10.0. The Hall–Kier alpha value is -2.82. The summed E-state index contributed by atoms with van der Waals surface area (Å²) < 4.78 is 5.11. The molecule has 1 amide bonds. The van der Waals surface area contributed by atoms with E-state index in [1.54, 1.807) is 24.3 Å². The molecule has 1 unspecified atom stereocenters. The Morgan fingerprint density at radius 2 is 1.80 bits per heavy atom. The smallest absolute Gasteiger partial charge is 0.341 e. The van der Waals surface area contributed by atoms with Crippen molar-refractivity contribution in [2.24, 2.45) is 0 Å². The molecule has 0 spiro atoms. The van der Waals surface area contributed by atoms with E-state index < -0.39 is 12.6 Å². The minimum atomic E-state index is -1.06. The van der Waals surface area contributed by atoms with E-state index in [0.717, 1.165) is 6.42 Å². The van der Waals surface area contributed by atoms with E-state index in [2.05, 4.69) is 37.4 Å². The monoisotopic (exact) mass is 341 g/mol. The second-order valence-electron chi connectivity index (χ2n) is 6.28. The third-order valence-electron chi connectivity index (χ3n) is 3.66. The number of nitrogens with one attached hydrogen (secondary N) is 1. The van der Waals surface area contributed by atoms with Crippen LogP contribution in [0.1, 0.15) is 34.0 Å². The Kier molecular flexibility index (Phi) is 6.17. The molecule has 0 aliphatic heterocycles. The summed E-state index contributed by atoms with van der Waals surface area (Å²) in [5.74, 6) is -0.911. The summed E-state index contributed by atoms with van der Waals surface area (Å²) in [6, 6.07) is 12.8. The molecule has 0 fully saturated rings. The molecule has 2 aromatic carbocycles. The maximum atomic E-state index is 12.4. The third kappa shape index (κ3) is 5.95. The normalized spacial score (nSPS) is 11.6. The van der Waals surface area contributed by atoms with Gasteiger partial charge >= 0.3 is 5.97 Å². The zero-order chi connectivity index (χ0) is 18.4. The van der Waals surface area contributed by atoms with Crippen molar-refractivity contribution in [1.29, 1.82) is 0 Å². The molecule has 2 rings (SSSR count). The largest absolute Gasteiger partial charge is 0.482 e. The molecule has 1 atom stereocenters. The number of hydrogen-bond acceptors (Lipinski definition) is 3. The van der Waals surface area contributed by atoms with Crippen LogP contribution >= 0.6 is 0 Å². The van der Waals surface area contributed by atoms with Crippen molar-refractivity contribution in [3.63, 3.8) is 0 Å². The molecule has 2 N–H and O–H groups in total. The first-order valence-corrected chi connectivity index (χ1v) is 8.16. The Bertz CT molecular complexity index is 750. The van der Waals surface area contributed by atoms with Gasteiger partial charge < -0.3 is 15.2 Å². The van der Waals surface area contributed by atoms with Gasteiger partial charge in [0.15, 0.2) is 6.61 Å². The van der Waals surface area contributed by atoms with Crippen molar-refractivity contribution in [2.45, 2.75) is 33.2 Å². The van der Waals surface area contributed by atoms with E-state index in [1.807, 2.05) is 6.92 Å². The number of carboxylic acid groups (broad SMARTS) is 1. The Morgan fingerprint density at radius 3 is 2.44 bits per heavy atom. The predicted molar refractivity (Wildman–Crippen MR) is 96.1 cm³/mol. The van der Waals surface area contributed by atoms with Crippen molar-refractivity contribution in [2.75, 3.05) is 6.61 Å². The number of amides is 1. The molecule has 0 heterocycles. The number of rotatable bonds is 7. The lowest BCUT2D eigenvalue weighted by Crippen LogP contribution is -2.34. The van der Waals surface area contributed by atoms with Crippen LogP contribution in [0.25, 0.3) is 0 Å². The van der Waals surface area contributed by atoms with Gasteiger partial charge in [-0.1, -0.05) is 35.4 Å². The molecular weight excluding hydrogens is 318 g/mol. The fraction of sp³-hybridized carbons (Fsp3) is 0.300. The lowest BCUT2D eigenvalue weighted by molar-refractivity contribution is -0.139. The van der Waals surface area contributed by atoms with Gasteiger partial charge in [0.2, 0.25) is 0 Å². The molecule has 0 aromatic heterocycles. The highest BCUT2D eigenvalue weighted by molar-refractivity contribution is 5.94. The van der Waals surface area contributed by atoms with Gasteiger partial charge in [0.1, 0.15) is 5.75 Å². The zero-order valence-corrected chi connectivity index (χ0v) is 14.7. The highest BCUT2D eigenvalue weighted by atomic mass is 16.5. The van der Waals surface area contributed by atoms with Gasteiger partial charge in [0, 0.05) is 11.6 Å². The van der Waals surface area contributed by atoms with Gasteiger partial charge in [0.25, 0.3) is 5.91 Å². The van der Waals surface area contributed by atoms with E-state index in [9.17, 15) is 9.59 Å². The van der Waals surface area contributed by atoms with Gasteiger partial charge in [-0.15, -0.1) is 0 Å². The van der Waals surface area contributed by atoms with Crippen molar-refractivity contribution in [3.05, 3.63) is 64.7 Å². The molecule has 0 saturated carbocycles. The average molecular weight is 341 g/mol. The molecule has 0 saturated heterocycles. The first-order valence-electron chi connectivity index (χ1n) is 8.16. The molecule has 5 nitrogen and oxygen atoms in total. The molecule has 5 heteroatoms. The molecule has 0 aliphatic carbocycles. The molecular formula is C20H23NO4. The minimum Gasteiger partial charge on any atom is -0.482 e. The number of aliphatic carboxylic acids is 1. The third-order valence-corrected chi connectivity index (χ3v) is 3.66. The maximum absolute atomic E-state index is 12.4. The van der Waals surface area contributed by atoms with Crippen molar-refractivity contribution < 1.29 is 19.4 Å². The molecule has 0 bridgehead atoms. The number of hydrogen-bond donors (Lipinski definition) is 2. The summed E-state index contributed by atoms with van der Waals surface area (Å²) in [5.41, 5.74) is 4.03. The van der Waals surface area contributed by atoms with E-state index >= 15 is 0 Å². The van der Waals surface area contributed by atoms with Gasteiger partial charge in [0.05, 0.1) is 0 Å². The Balaban J connectivity index is 1.98. The molecule has 132 valence electrons. The van der Waals surface area contributed by atoms with Crippen LogP contribution in [-0.4, -0.2) is 29.6 Å². The van der Waals surface area contributed by atoms with Crippen molar-refractivity contribution in [3.8, 4) is 5.75 Å². The molecule has 0 radical (unpaired) electrons. The Labute approximate surface area is 147 Å². The topological polar surface area (TPSA) is 75.6 Å². The van der Waals surface area contributed by atoms with Crippen LogP contribution in [0, 0.1) is 13.8 Å². The fourth-order valence-corrected chi connectivity index (χ4v) is 2.77. The van der Waals surface area contributed by atoms with Gasteiger partial charge in [-0.25, -0.2) is 4.79 Å². The quantitative estimate of drug-likeness (QED) is 0.811. The molecule has 0 aliphatic rings. The van der Waals surface area contributed by atoms with Crippen LogP contribution in [0.2, 0.25) is 0 Å². The van der Waals surface area contributed by atoms with Crippen molar-refractivity contribution in [1.82, 2.24) is 5.32 Å². The summed E-state index contributed by atoms with van der Waals surface area (Å²) in [7, 11) is 0. The van der Waals surface area contributed by atoms with E-state index in [0.29, 0.717) is 11.3 Å². The van der Waals surface area contributed by atoms with Gasteiger partial charge in [-0.2, -0.15) is 0 Å². The minimum absolute atomic E-state index is 0.0303. The number of ether oxygens (including phenoxy) is 1. The summed E-state index contributed by atoms with van der Waals surface area (Å²) in [6.07, 6.45) is 0.740. The lowest BCUT2D eigenvalue weighted by Gasteiger charge is -2.15. The van der Waals surface area contributed by atoms with E-state index in [-0.39, 0.29) is 11.9 Å². The number of benzene rings is 2. The highest BCUT2D eigenvalue weighted by Gasteiger charge is 2.12.